The van der Waals surface area contributed by atoms with Crippen molar-refractivity contribution in [1.82, 2.24) is 15.3 Å². The molecule has 0 aliphatic rings. The van der Waals surface area contributed by atoms with Gasteiger partial charge in [0.05, 0.1) is 0 Å². The molecule has 1 N–H and O–H groups in total. The number of halogens is 1. The zero-order chi connectivity index (χ0) is 13.7. The molecule has 0 bridgehead atoms. The SMILES string of the molecule is CNC(C)c1ccc(OCc2ncccn2)c(F)c1. The third-order valence-corrected chi connectivity index (χ3v) is 2.86. The number of hydrogen-bond acceptors (Lipinski definition) is 4. The van der Waals surface area contributed by atoms with Crippen LogP contribution in [0.4, 0.5) is 4.39 Å². The molecule has 100 valence electrons. The van der Waals surface area contributed by atoms with E-state index in [4.69, 9.17) is 4.74 Å². The Kier molecular flexibility index (Phi) is 4.41. The van der Waals surface area contributed by atoms with Crippen LogP contribution in [0.1, 0.15) is 24.4 Å². The highest BCUT2D eigenvalue weighted by atomic mass is 19.1. The fourth-order valence-electron chi connectivity index (χ4n) is 1.62. The van der Waals surface area contributed by atoms with Crippen LogP contribution < -0.4 is 10.1 Å². The molecule has 2 aromatic rings. The Morgan fingerprint density at radius 1 is 1.32 bits per heavy atom. The zero-order valence-electron chi connectivity index (χ0n) is 10.9. The molecule has 5 heteroatoms. The van der Waals surface area contributed by atoms with Gasteiger partial charge in [-0.3, -0.25) is 0 Å². The van der Waals surface area contributed by atoms with E-state index in [0.29, 0.717) is 5.82 Å². The zero-order valence-corrected chi connectivity index (χ0v) is 10.9. The van der Waals surface area contributed by atoms with E-state index in [2.05, 4.69) is 15.3 Å². The normalized spacial score (nSPS) is 12.2. The molecule has 1 heterocycles. The molecule has 0 spiro atoms. The van der Waals surface area contributed by atoms with Gasteiger partial charge in [-0.25, -0.2) is 14.4 Å². The van der Waals surface area contributed by atoms with Crippen molar-refractivity contribution in [3.05, 3.63) is 53.9 Å². The first-order valence-corrected chi connectivity index (χ1v) is 6.06. The third kappa shape index (κ3) is 3.48. The predicted molar refractivity (Wildman–Crippen MR) is 70.2 cm³/mol. The quantitative estimate of drug-likeness (QED) is 0.898. The lowest BCUT2D eigenvalue weighted by Gasteiger charge is -2.12. The molecule has 0 amide bonds. The summed E-state index contributed by atoms with van der Waals surface area (Å²) in [6.07, 6.45) is 3.25. The molecule has 19 heavy (non-hydrogen) atoms. The van der Waals surface area contributed by atoms with Crippen LogP contribution in [0.15, 0.2) is 36.7 Å². The predicted octanol–water partition coefficient (Wildman–Crippen LogP) is 2.48. The highest BCUT2D eigenvalue weighted by molar-refractivity contribution is 5.30. The van der Waals surface area contributed by atoms with Crippen LogP contribution in [-0.4, -0.2) is 17.0 Å². The molecule has 0 aliphatic carbocycles. The van der Waals surface area contributed by atoms with E-state index in [1.807, 2.05) is 20.0 Å². The molecule has 1 aromatic heterocycles. The van der Waals surface area contributed by atoms with E-state index in [0.717, 1.165) is 5.56 Å². The van der Waals surface area contributed by atoms with Gasteiger partial charge in [0.1, 0.15) is 6.61 Å². The second-order valence-electron chi connectivity index (χ2n) is 4.15. The van der Waals surface area contributed by atoms with E-state index in [-0.39, 0.29) is 24.2 Å². The Labute approximate surface area is 111 Å². The van der Waals surface area contributed by atoms with Crippen LogP contribution in [-0.2, 0) is 6.61 Å². The Bertz CT molecular complexity index is 533. The van der Waals surface area contributed by atoms with E-state index >= 15 is 0 Å². The molecule has 4 nitrogen and oxygen atoms in total. The number of rotatable bonds is 5. The largest absolute Gasteiger partial charge is 0.483 e. The van der Waals surface area contributed by atoms with Crippen molar-refractivity contribution < 1.29 is 9.13 Å². The first kappa shape index (κ1) is 13.4. The van der Waals surface area contributed by atoms with Crippen LogP contribution in [0.2, 0.25) is 0 Å². The van der Waals surface area contributed by atoms with Crippen molar-refractivity contribution >= 4 is 0 Å². The smallest absolute Gasteiger partial charge is 0.166 e. The number of aromatic nitrogens is 2. The molecule has 0 saturated heterocycles. The van der Waals surface area contributed by atoms with E-state index < -0.39 is 0 Å². The van der Waals surface area contributed by atoms with Crippen molar-refractivity contribution in [2.24, 2.45) is 0 Å². The average Bonchev–Trinajstić information content (AvgIpc) is 2.46. The van der Waals surface area contributed by atoms with E-state index in [9.17, 15) is 4.39 Å². The van der Waals surface area contributed by atoms with Gasteiger partial charge >= 0.3 is 0 Å². The summed E-state index contributed by atoms with van der Waals surface area (Å²) < 4.78 is 19.2. The number of benzene rings is 1. The second kappa shape index (κ2) is 6.24. The van der Waals surface area contributed by atoms with Crippen molar-refractivity contribution in [2.45, 2.75) is 19.6 Å². The topological polar surface area (TPSA) is 47.0 Å². The van der Waals surface area contributed by atoms with Crippen LogP contribution in [0.25, 0.3) is 0 Å². The Morgan fingerprint density at radius 2 is 2.05 bits per heavy atom. The molecule has 0 aliphatic heterocycles. The minimum absolute atomic E-state index is 0.0982. The summed E-state index contributed by atoms with van der Waals surface area (Å²) in [7, 11) is 1.83. The van der Waals surface area contributed by atoms with Crippen LogP contribution in [0.3, 0.4) is 0 Å². The molecule has 0 radical (unpaired) electrons. The Balaban J connectivity index is 2.05. The maximum absolute atomic E-state index is 13.9. The minimum atomic E-state index is -0.379. The molecule has 0 fully saturated rings. The summed E-state index contributed by atoms with van der Waals surface area (Å²) in [4.78, 5) is 8.03. The van der Waals surface area contributed by atoms with Gasteiger partial charge < -0.3 is 10.1 Å². The highest BCUT2D eigenvalue weighted by Gasteiger charge is 2.09. The summed E-state index contributed by atoms with van der Waals surface area (Å²) >= 11 is 0. The maximum Gasteiger partial charge on any atom is 0.166 e. The molecular weight excluding hydrogens is 245 g/mol. The Morgan fingerprint density at radius 3 is 2.68 bits per heavy atom. The van der Waals surface area contributed by atoms with Crippen LogP contribution in [0, 0.1) is 5.82 Å². The van der Waals surface area contributed by atoms with Gasteiger partial charge in [-0.15, -0.1) is 0 Å². The molecule has 1 aromatic carbocycles. The summed E-state index contributed by atoms with van der Waals surface area (Å²) in [6, 6.07) is 6.76. The van der Waals surface area contributed by atoms with Gasteiger partial charge in [-0.05, 0) is 37.7 Å². The molecule has 1 atom stereocenters. The standard InChI is InChI=1S/C14H16FN3O/c1-10(16-2)11-4-5-13(12(15)8-11)19-9-14-17-6-3-7-18-14/h3-8,10,16H,9H2,1-2H3. The lowest BCUT2D eigenvalue weighted by atomic mass is 10.1. The highest BCUT2D eigenvalue weighted by Crippen LogP contribution is 2.22. The molecular formula is C14H16FN3O. The maximum atomic E-state index is 13.9. The monoisotopic (exact) mass is 261 g/mol. The van der Waals surface area contributed by atoms with Gasteiger partial charge in [-0.1, -0.05) is 6.07 Å². The van der Waals surface area contributed by atoms with Gasteiger partial charge in [0, 0.05) is 18.4 Å². The van der Waals surface area contributed by atoms with Crippen molar-refractivity contribution in [3.8, 4) is 5.75 Å². The number of nitrogens with one attached hydrogen (secondary N) is 1. The first-order chi connectivity index (χ1) is 9.20. The van der Waals surface area contributed by atoms with Gasteiger partial charge in [-0.2, -0.15) is 0 Å². The van der Waals surface area contributed by atoms with E-state index in [1.165, 1.54) is 6.07 Å². The number of nitrogens with zero attached hydrogens (tertiary/aromatic N) is 2. The lowest BCUT2D eigenvalue weighted by molar-refractivity contribution is 0.280. The fraction of sp³-hybridized carbons (Fsp3) is 0.286. The lowest BCUT2D eigenvalue weighted by Crippen LogP contribution is -2.12. The van der Waals surface area contributed by atoms with E-state index in [1.54, 1.807) is 24.5 Å². The summed E-state index contributed by atoms with van der Waals surface area (Å²) in [5.41, 5.74) is 0.878. The Hall–Kier alpha value is -2.01. The van der Waals surface area contributed by atoms with Gasteiger partial charge in [0.25, 0.3) is 0 Å². The minimum Gasteiger partial charge on any atom is -0.483 e. The van der Waals surface area contributed by atoms with Gasteiger partial charge in [0.2, 0.25) is 0 Å². The van der Waals surface area contributed by atoms with Gasteiger partial charge in [0.15, 0.2) is 17.4 Å². The average molecular weight is 261 g/mol. The number of ether oxygens (including phenoxy) is 1. The number of hydrogen-bond donors (Lipinski definition) is 1. The second-order valence-corrected chi connectivity index (χ2v) is 4.15. The summed E-state index contributed by atoms with van der Waals surface area (Å²) in [6.45, 7) is 2.12. The summed E-state index contributed by atoms with van der Waals surface area (Å²) in [5.74, 6) is 0.351. The molecule has 0 saturated carbocycles. The third-order valence-electron chi connectivity index (χ3n) is 2.86. The molecule has 1 unspecified atom stereocenters. The van der Waals surface area contributed by atoms with Crippen molar-refractivity contribution in [2.75, 3.05) is 7.05 Å². The fourth-order valence-corrected chi connectivity index (χ4v) is 1.62. The first-order valence-electron chi connectivity index (χ1n) is 6.06. The molecule has 2 rings (SSSR count). The van der Waals surface area contributed by atoms with Crippen molar-refractivity contribution in [1.29, 1.82) is 0 Å². The van der Waals surface area contributed by atoms with Crippen LogP contribution >= 0.6 is 0 Å². The van der Waals surface area contributed by atoms with Crippen molar-refractivity contribution in [3.63, 3.8) is 0 Å². The summed E-state index contributed by atoms with van der Waals surface area (Å²) in [5, 5.41) is 3.06. The van der Waals surface area contributed by atoms with Crippen LogP contribution in [0.5, 0.6) is 5.75 Å².